The molecule has 0 spiro atoms. The highest BCUT2D eigenvalue weighted by atomic mass is 16.5. The Bertz CT molecular complexity index is 681. The van der Waals surface area contributed by atoms with Crippen molar-refractivity contribution in [3.8, 4) is 0 Å². The number of benzene rings is 1. The monoisotopic (exact) mass is 300 g/mol. The number of carbonyl (C=O) groups excluding carboxylic acids is 1. The summed E-state index contributed by atoms with van der Waals surface area (Å²) in [5, 5.41) is 3.89. The first-order valence-electron chi connectivity index (χ1n) is 7.53. The summed E-state index contributed by atoms with van der Waals surface area (Å²) >= 11 is 0. The lowest BCUT2D eigenvalue weighted by molar-refractivity contribution is -0.118. The van der Waals surface area contributed by atoms with Crippen LogP contribution in [0.2, 0.25) is 0 Å². The third-order valence-corrected chi connectivity index (χ3v) is 3.72. The number of morpholine rings is 1. The zero-order chi connectivity index (χ0) is 15.5. The van der Waals surface area contributed by atoms with Crippen LogP contribution < -0.4 is 10.2 Å². The molecule has 2 aromatic rings. The first-order chi connectivity index (χ1) is 10.6. The summed E-state index contributed by atoms with van der Waals surface area (Å²) in [6.45, 7) is 6.84. The average molecular weight is 300 g/mol. The highest BCUT2D eigenvalue weighted by Gasteiger charge is 2.16. The quantitative estimate of drug-likeness (QED) is 0.940. The van der Waals surface area contributed by atoms with E-state index in [0.29, 0.717) is 13.2 Å². The number of hydrogen-bond acceptors (Lipinski definition) is 5. The van der Waals surface area contributed by atoms with E-state index in [4.69, 9.17) is 4.74 Å². The Labute approximate surface area is 129 Å². The van der Waals surface area contributed by atoms with Crippen LogP contribution >= 0.6 is 0 Å². The number of amides is 1. The van der Waals surface area contributed by atoms with E-state index in [1.165, 1.54) is 0 Å². The number of ether oxygens (including phenoxy) is 1. The number of anilines is 2. The van der Waals surface area contributed by atoms with Crippen LogP contribution in [0, 0.1) is 5.92 Å². The van der Waals surface area contributed by atoms with Crippen molar-refractivity contribution < 1.29 is 9.53 Å². The van der Waals surface area contributed by atoms with Crippen LogP contribution in [-0.2, 0) is 9.53 Å². The van der Waals surface area contributed by atoms with E-state index in [1.54, 1.807) is 6.33 Å². The molecule has 116 valence electrons. The fourth-order valence-corrected chi connectivity index (χ4v) is 2.43. The van der Waals surface area contributed by atoms with E-state index in [9.17, 15) is 4.79 Å². The highest BCUT2D eigenvalue weighted by molar-refractivity contribution is 5.96. The van der Waals surface area contributed by atoms with Crippen molar-refractivity contribution in [3.63, 3.8) is 0 Å². The van der Waals surface area contributed by atoms with Gasteiger partial charge >= 0.3 is 0 Å². The maximum absolute atomic E-state index is 11.8. The summed E-state index contributed by atoms with van der Waals surface area (Å²) < 4.78 is 5.39. The molecule has 1 aromatic heterocycles. The van der Waals surface area contributed by atoms with Gasteiger partial charge < -0.3 is 15.0 Å². The van der Waals surface area contributed by atoms with Gasteiger partial charge in [-0.25, -0.2) is 9.97 Å². The Kier molecular flexibility index (Phi) is 4.20. The Morgan fingerprint density at radius 1 is 1.27 bits per heavy atom. The molecular formula is C16H20N4O2. The lowest BCUT2D eigenvalue weighted by atomic mass is 10.1. The van der Waals surface area contributed by atoms with Crippen molar-refractivity contribution in [2.24, 2.45) is 5.92 Å². The molecule has 1 saturated heterocycles. The molecule has 0 atom stereocenters. The number of rotatable bonds is 3. The van der Waals surface area contributed by atoms with Gasteiger partial charge in [0.1, 0.15) is 12.1 Å². The molecule has 0 bridgehead atoms. The zero-order valence-corrected chi connectivity index (χ0v) is 12.9. The maximum Gasteiger partial charge on any atom is 0.226 e. The van der Waals surface area contributed by atoms with Gasteiger partial charge in [-0.15, -0.1) is 0 Å². The number of carbonyl (C=O) groups is 1. The minimum Gasteiger partial charge on any atom is -0.378 e. The van der Waals surface area contributed by atoms with E-state index in [2.05, 4.69) is 20.2 Å². The molecule has 1 aliphatic rings. The van der Waals surface area contributed by atoms with E-state index in [-0.39, 0.29) is 11.8 Å². The van der Waals surface area contributed by atoms with Crippen molar-refractivity contribution >= 4 is 28.3 Å². The average Bonchev–Trinajstić information content (AvgIpc) is 2.54. The van der Waals surface area contributed by atoms with Crippen LogP contribution in [0.15, 0.2) is 24.5 Å². The molecule has 0 radical (unpaired) electrons. The third kappa shape index (κ3) is 3.01. The second-order valence-electron chi connectivity index (χ2n) is 5.67. The number of aromatic nitrogens is 2. The molecule has 3 rings (SSSR count). The van der Waals surface area contributed by atoms with Crippen LogP contribution in [0.1, 0.15) is 13.8 Å². The summed E-state index contributed by atoms with van der Waals surface area (Å²) in [7, 11) is 0. The van der Waals surface area contributed by atoms with Gasteiger partial charge in [-0.1, -0.05) is 13.8 Å². The molecular weight excluding hydrogens is 280 g/mol. The summed E-state index contributed by atoms with van der Waals surface area (Å²) in [6.07, 6.45) is 1.57. The Hall–Kier alpha value is -2.21. The van der Waals surface area contributed by atoms with Crippen molar-refractivity contribution in [3.05, 3.63) is 24.5 Å². The van der Waals surface area contributed by atoms with Gasteiger partial charge in [0.2, 0.25) is 5.91 Å². The van der Waals surface area contributed by atoms with Crippen LogP contribution in [0.4, 0.5) is 11.5 Å². The lowest BCUT2D eigenvalue weighted by Gasteiger charge is -2.28. The fraction of sp³-hybridized carbons (Fsp3) is 0.438. The van der Waals surface area contributed by atoms with Crippen LogP contribution in [0.3, 0.4) is 0 Å². The molecule has 2 heterocycles. The second kappa shape index (κ2) is 6.27. The minimum absolute atomic E-state index is 0.00167. The van der Waals surface area contributed by atoms with Crippen molar-refractivity contribution in [1.82, 2.24) is 9.97 Å². The van der Waals surface area contributed by atoms with Gasteiger partial charge in [0, 0.05) is 30.1 Å². The molecule has 6 nitrogen and oxygen atoms in total. The second-order valence-corrected chi connectivity index (χ2v) is 5.67. The number of nitrogens with zero attached hydrogens (tertiary/aromatic N) is 3. The SMILES string of the molecule is CC(C)C(=O)Nc1ccc2c(N3CCOCC3)ncnc2c1. The van der Waals surface area contributed by atoms with Crippen LogP contribution in [0.25, 0.3) is 10.9 Å². The minimum atomic E-state index is -0.0509. The summed E-state index contributed by atoms with van der Waals surface area (Å²) in [6, 6.07) is 5.76. The van der Waals surface area contributed by atoms with Gasteiger partial charge in [0.15, 0.2) is 0 Å². The summed E-state index contributed by atoms with van der Waals surface area (Å²) in [5.41, 5.74) is 1.59. The largest absolute Gasteiger partial charge is 0.378 e. The smallest absolute Gasteiger partial charge is 0.226 e. The molecule has 6 heteroatoms. The third-order valence-electron chi connectivity index (χ3n) is 3.72. The molecule has 0 saturated carbocycles. The lowest BCUT2D eigenvalue weighted by Crippen LogP contribution is -2.36. The molecule has 0 aliphatic carbocycles. The maximum atomic E-state index is 11.8. The fourth-order valence-electron chi connectivity index (χ4n) is 2.43. The predicted molar refractivity (Wildman–Crippen MR) is 86.0 cm³/mol. The van der Waals surface area contributed by atoms with Crippen LogP contribution in [0.5, 0.6) is 0 Å². The highest BCUT2D eigenvalue weighted by Crippen LogP contribution is 2.26. The van der Waals surface area contributed by atoms with E-state index < -0.39 is 0 Å². The van der Waals surface area contributed by atoms with E-state index >= 15 is 0 Å². The molecule has 22 heavy (non-hydrogen) atoms. The van der Waals surface area contributed by atoms with E-state index in [1.807, 2.05) is 32.0 Å². The first kappa shape index (κ1) is 14.7. The Morgan fingerprint density at radius 2 is 2.05 bits per heavy atom. The van der Waals surface area contributed by atoms with E-state index in [0.717, 1.165) is 35.5 Å². The number of nitrogens with one attached hydrogen (secondary N) is 1. The summed E-state index contributed by atoms with van der Waals surface area (Å²) in [5.74, 6) is 0.877. The van der Waals surface area contributed by atoms with Crippen molar-refractivity contribution in [1.29, 1.82) is 0 Å². The molecule has 1 aliphatic heterocycles. The normalized spacial score (nSPS) is 15.3. The molecule has 1 fully saturated rings. The zero-order valence-electron chi connectivity index (χ0n) is 12.9. The Balaban J connectivity index is 1.91. The van der Waals surface area contributed by atoms with Crippen LogP contribution in [-0.4, -0.2) is 42.2 Å². The molecule has 0 unspecified atom stereocenters. The summed E-state index contributed by atoms with van der Waals surface area (Å²) in [4.78, 5) is 22.8. The molecule has 1 aromatic carbocycles. The number of fused-ring (bicyclic) bond motifs is 1. The van der Waals surface area contributed by atoms with Gasteiger partial charge in [0.05, 0.1) is 18.7 Å². The topological polar surface area (TPSA) is 67.4 Å². The van der Waals surface area contributed by atoms with Gasteiger partial charge in [0.25, 0.3) is 0 Å². The van der Waals surface area contributed by atoms with Gasteiger partial charge in [-0.05, 0) is 18.2 Å². The first-order valence-corrected chi connectivity index (χ1v) is 7.53. The predicted octanol–water partition coefficient (Wildman–Crippen LogP) is 2.06. The van der Waals surface area contributed by atoms with Gasteiger partial charge in [-0.3, -0.25) is 4.79 Å². The molecule has 1 N–H and O–H groups in total. The van der Waals surface area contributed by atoms with Crippen molar-refractivity contribution in [2.75, 3.05) is 36.5 Å². The Morgan fingerprint density at radius 3 is 2.77 bits per heavy atom. The standard InChI is InChI=1S/C16H20N4O2/c1-11(2)16(21)19-12-3-4-13-14(9-12)17-10-18-15(13)20-5-7-22-8-6-20/h3-4,9-11H,5-8H2,1-2H3,(H,19,21). The van der Waals surface area contributed by atoms with Gasteiger partial charge in [-0.2, -0.15) is 0 Å². The number of hydrogen-bond donors (Lipinski definition) is 1. The molecule has 1 amide bonds. The van der Waals surface area contributed by atoms with Crippen molar-refractivity contribution in [2.45, 2.75) is 13.8 Å².